The fourth-order valence-corrected chi connectivity index (χ4v) is 10.2. The second-order valence-electron chi connectivity index (χ2n) is 10.6. The van der Waals surface area contributed by atoms with Crippen molar-refractivity contribution in [1.82, 2.24) is 23.5 Å². The summed E-state index contributed by atoms with van der Waals surface area (Å²) < 4.78 is 63.4. The normalized spacial score (nSPS) is 18.8. The van der Waals surface area contributed by atoms with Crippen LogP contribution in [0.4, 0.5) is 0 Å². The highest BCUT2D eigenvalue weighted by Crippen LogP contribution is 2.34. The van der Waals surface area contributed by atoms with Crippen LogP contribution >= 0.6 is 22.9 Å². The second-order valence-corrected chi connectivity index (χ2v) is 16.4. The Hall–Kier alpha value is -3.25. The fourth-order valence-electron chi connectivity index (χ4n) is 5.38. The van der Waals surface area contributed by atoms with E-state index in [2.05, 4.69) is 9.97 Å². The number of fused-ring (bicyclic) bond motifs is 1. The van der Waals surface area contributed by atoms with Gasteiger partial charge in [-0.25, -0.2) is 26.8 Å². The smallest absolute Gasteiger partial charge is 0.291 e. The molecule has 2 aliphatic heterocycles. The zero-order chi connectivity index (χ0) is 31.8. The summed E-state index contributed by atoms with van der Waals surface area (Å²) in [6.07, 6.45) is 4.08. The maximum Gasteiger partial charge on any atom is 0.291 e. The summed E-state index contributed by atoms with van der Waals surface area (Å²) in [7, 11) is -7.66. The van der Waals surface area contributed by atoms with Crippen LogP contribution in [0.3, 0.4) is 0 Å². The predicted molar refractivity (Wildman–Crippen MR) is 168 cm³/mol. The van der Waals surface area contributed by atoms with E-state index in [0.29, 0.717) is 34.2 Å². The molecular weight excluding hydrogens is 664 g/mol. The first-order valence-electron chi connectivity index (χ1n) is 14.1. The molecule has 2 fully saturated rings. The van der Waals surface area contributed by atoms with Gasteiger partial charge >= 0.3 is 0 Å². The lowest BCUT2D eigenvalue weighted by Gasteiger charge is -2.40. The molecular formula is C28H29ClN6O7S3. The number of morpholine rings is 1. The van der Waals surface area contributed by atoms with E-state index in [1.54, 1.807) is 42.5 Å². The van der Waals surface area contributed by atoms with Crippen LogP contribution < -0.4 is 4.73 Å². The number of piperazine rings is 1. The van der Waals surface area contributed by atoms with E-state index in [0.717, 1.165) is 21.4 Å². The molecule has 3 aromatic heterocycles. The Morgan fingerprint density at radius 1 is 1.02 bits per heavy atom. The molecule has 2 aliphatic rings. The topological polar surface area (TPSA) is 157 Å². The number of hydrogen-bond donors (Lipinski definition) is 0. The molecule has 0 saturated carbocycles. The van der Waals surface area contributed by atoms with Crippen LogP contribution in [-0.4, -0.2) is 104 Å². The number of benzene rings is 1. The molecule has 1 amide bonds. The van der Waals surface area contributed by atoms with E-state index in [1.165, 1.54) is 32.1 Å². The van der Waals surface area contributed by atoms with Crippen LogP contribution in [0.5, 0.6) is 0 Å². The highest BCUT2D eigenvalue weighted by atomic mass is 35.5. The zero-order valence-electron chi connectivity index (χ0n) is 23.9. The van der Waals surface area contributed by atoms with Gasteiger partial charge in [-0.3, -0.25) is 4.79 Å². The van der Waals surface area contributed by atoms with Gasteiger partial charge in [0.15, 0.2) is 6.20 Å². The van der Waals surface area contributed by atoms with Crippen LogP contribution in [-0.2, 0) is 24.8 Å². The van der Waals surface area contributed by atoms with Gasteiger partial charge in [0.05, 0.1) is 24.5 Å². The predicted octanol–water partition coefficient (Wildman–Crippen LogP) is 2.21. The summed E-state index contributed by atoms with van der Waals surface area (Å²) in [4.78, 5) is 23.5. The Morgan fingerprint density at radius 3 is 2.51 bits per heavy atom. The van der Waals surface area contributed by atoms with Crippen molar-refractivity contribution in [2.45, 2.75) is 16.7 Å². The minimum absolute atomic E-state index is 0.00140. The molecule has 238 valence electrons. The van der Waals surface area contributed by atoms with E-state index < -0.39 is 32.0 Å². The average Bonchev–Trinajstić information content (AvgIpc) is 3.48. The average molecular weight is 693 g/mol. The van der Waals surface area contributed by atoms with Gasteiger partial charge in [0, 0.05) is 73.0 Å². The lowest BCUT2D eigenvalue weighted by molar-refractivity contribution is -0.593. The first-order chi connectivity index (χ1) is 21.5. The van der Waals surface area contributed by atoms with Gasteiger partial charge in [-0.1, -0.05) is 17.7 Å². The molecule has 0 radical (unpaired) electrons. The molecule has 1 atom stereocenters. The molecule has 5 heterocycles. The number of ether oxygens (including phenoxy) is 1. The third-order valence-corrected chi connectivity index (χ3v) is 13.3. The van der Waals surface area contributed by atoms with Crippen molar-refractivity contribution in [3.05, 3.63) is 77.1 Å². The fraction of sp³-hybridized carbons (Fsp3) is 0.357. The number of aromatic nitrogens is 3. The number of nitrogens with zero attached hydrogens (tertiary/aromatic N) is 6. The van der Waals surface area contributed by atoms with Crippen molar-refractivity contribution in [3.8, 4) is 11.3 Å². The quantitative estimate of drug-likeness (QED) is 0.200. The zero-order valence-corrected chi connectivity index (χ0v) is 27.1. The van der Waals surface area contributed by atoms with Crippen LogP contribution in [0.25, 0.3) is 21.3 Å². The van der Waals surface area contributed by atoms with E-state index in [4.69, 9.17) is 16.3 Å². The Labute approximate surface area is 269 Å². The first kappa shape index (κ1) is 31.7. The number of sulfonamides is 2. The Kier molecular flexibility index (Phi) is 9.07. The summed E-state index contributed by atoms with van der Waals surface area (Å²) in [5, 5.41) is 13.4. The number of carbonyl (C=O) groups excluding carboxylic acids is 1. The summed E-state index contributed by atoms with van der Waals surface area (Å²) in [6.45, 7) is 0.939. The molecule has 1 aromatic carbocycles. The molecule has 4 aromatic rings. The van der Waals surface area contributed by atoms with E-state index in [-0.39, 0.29) is 54.9 Å². The Balaban J connectivity index is 1.26. The Morgan fingerprint density at radius 2 is 1.78 bits per heavy atom. The van der Waals surface area contributed by atoms with Crippen LogP contribution in [0.2, 0.25) is 5.02 Å². The molecule has 6 rings (SSSR count). The summed E-state index contributed by atoms with van der Waals surface area (Å²) in [5.74, 6) is -0.994. The second kappa shape index (κ2) is 12.9. The van der Waals surface area contributed by atoms with Gasteiger partial charge in [0.2, 0.25) is 21.5 Å². The van der Waals surface area contributed by atoms with Gasteiger partial charge in [-0.15, -0.1) is 11.3 Å². The van der Waals surface area contributed by atoms with Crippen molar-refractivity contribution >= 4 is 59.0 Å². The lowest BCUT2D eigenvalue weighted by atomic mass is 10.1. The largest absolute Gasteiger partial charge is 0.618 e. The van der Waals surface area contributed by atoms with Crippen molar-refractivity contribution in [3.63, 3.8) is 0 Å². The molecule has 1 unspecified atom stereocenters. The molecule has 13 nitrogen and oxygen atoms in total. The van der Waals surface area contributed by atoms with E-state index in [1.807, 2.05) is 0 Å². The van der Waals surface area contributed by atoms with Gasteiger partial charge in [-0.2, -0.15) is 13.3 Å². The van der Waals surface area contributed by atoms with Crippen molar-refractivity contribution in [2.75, 3.05) is 51.7 Å². The Bertz CT molecular complexity index is 1930. The number of thiophene rings is 1. The number of carbonyl (C=O) groups is 1. The minimum atomic E-state index is -3.97. The summed E-state index contributed by atoms with van der Waals surface area (Å²) in [6, 6.07) is 10.8. The van der Waals surface area contributed by atoms with Crippen molar-refractivity contribution in [2.24, 2.45) is 0 Å². The summed E-state index contributed by atoms with van der Waals surface area (Å²) in [5.41, 5.74) is 0.723. The van der Waals surface area contributed by atoms with Gasteiger partial charge in [-0.05, 0) is 36.1 Å². The maximum absolute atomic E-state index is 13.8. The van der Waals surface area contributed by atoms with Crippen molar-refractivity contribution in [1.29, 1.82) is 0 Å². The maximum atomic E-state index is 13.8. The minimum Gasteiger partial charge on any atom is -0.618 e. The number of halogens is 1. The van der Waals surface area contributed by atoms with Gasteiger partial charge in [0.25, 0.3) is 15.9 Å². The highest BCUT2D eigenvalue weighted by molar-refractivity contribution is 7.91. The molecule has 0 spiro atoms. The number of amides is 1. The molecule has 0 bridgehead atoms. The molecule has 45 heavy (non-hydrogen) atoms. The number of rotatable bonds is 8. The standard InChI is InChI=1S/C28H29ClN6O7S3/c29-22-5-4-20-15-26(43-25(20)16-22)45(40,41)33-8-9-34(23(19-33)6-14-44(38,39)32-10-12-42-13-11-32)28(36)27-30-17-21(18-31-27)24-3-1-2-7-35(24)37/h1-5,7,15-18,23H,6,8-14,19H2. The van der Waals surface area contributed by atoms with E-state index >= 15 is 0 Å². The third-order valence-electron chi connectivity index (χ3n) is 7.80. The van der Waals surface area contributed by atoms with Crippen LogP contribution in [0, 0.1) is 5.21 Å². The molecule has 17 heteroatoms. The molecule has 0 N–H and O–H groups in total. The summed E-state index contributed by atoms with van der Waals surface area (Å²) >= 11 is 7.21. The van der Waals surface area contributed by atoms with E-state index in [9.17, 15) is 26.8 Å². The number of hydrogen-bond acceptors (Lipinski definition) is 10. The number of pyridine rings is 1. The highest BCUT2D eigenvalue weighted by Gasteiger charge is 2.39. The molecule has 0 aliphatic carbocycles. The first-order valence-corrected chi connectivity index (χ1v) is 18.3. The third kappa shape index (κ3) is 6.67. The SMILES string of the molecule is O=C(c1ncc(-c2cccc[n+]2[O-])cn1)N1CCN(S(=O)(=O)c2cc3ccc(Cl)cc3s2)CC1CCS(=O)(=O)N1CCOCC1. The van der Waals surface area contributed by atoms with Crippen LogP contribution in [0.1, 0.15) is 17.0 Å². The lowest BCUT2D eigenvalue weighted by Crippen LogP contribution is -2.57. The monoisotopic (exact) mass is 692 g/mol. The molecule has 2 saturated heterocycles. The van der Waals surface area contributed by atoms with Gasteiger partial charge in [0.1, 0.15) is 4.21 Å². The van der Waals surface area contributed by atoms with Crippen molar-refractivity contribution < 1.29 is 31.1 Å². The van der Waals surface area contributed by atoms with Crippen LogP contribution in [0.15, 0.2) is 65.3 Å². The van der Waals surface area contributed by atoms with Gasteiger partial charge < -0.3 is 14.8 Å².